The van der Waals surface area contributed by atoms with Crippen molar-refractivity contribution in [2.24, 2.45) is 0 Å². The molecule has 0 saturated heterocycles. The number of rotatable bonds is 2. The summed E-state index contributed by atoms with van der Waals surface area (Å²) in [5.74, 6) is -0.120. The van der Waals surface area contributed by atoms with Crippen molar-refractivity contribution in [3.63, 3.8) is 0 Å². The van der Waals surface area contributed by atoms with E-state index in [2.05, 4.69) is 20.9 Å². The summed E-state index contributed by atoms with van der Waals surface area (Å²) in [7, 11) is 0. The molecule has 1 aromatic heterocycles. The standard InChI is InChI=1S/C12H5BrClFN2O/c13-10-3-8(14)6-17-12(10)18-9-2-1-7(5-16)11(15)4-9/h1-4,6H. The lowest BCUT2D eigenvalue weighted by atomic mass is 10.2. The second-order valence-corrected chi connectivity index (χ2v) is 4.59. The fourth-order valence-electron chi connectivity index (χ4n) is 1.24. The number of aromatic nitrogens is 1. The molecule has 2 rings (SSSR count). The Bertz CT molecular complexity index is 642. The monoisotopic (exact) mass is 326 g/mol. The van der Waals surface area contributed by atoms with E-state index in [1.807, 2.05) is 0 Å². The van der Waals surface area contributed by atoms with Gasteiger partial charge in [-0.25, -0.2) is 9.37 Å². The molecule has 0 bridgehead atoms. The zero-order valence-electron chi connectivity index (χ0n) is 8.82. The van der Waals surface area contributed by atoms with E-state index in [4.69, 9.17) is 21.6 Å². The van der Waals surface area contributed by atoms with Crippen LogP contribution in [0.1, 0.15) is 5.56 Å². The lowest BCUT2D eigenvalue weighted by molar-refractivity contribution is 0.455. The SMILES string of the molecule is N#Cc1ccc(Oc2ncc(Cl)cc2Br)cc1F. The average molecular weight is 328 g/mol. The summed E-state index contributed by atoms with van der Waals surface area (Å²) in [5, 5.41) is 9.07. The number of nitriles is 1. The zero-order valence-corrected chi connectivity index (χ0v) is 11.2. The van der Waals surface area contributed by atoms with Gasteiger partial charge in [0.2, 0.25) is 5.88 Å². The van der Waals surface area contributed by atoms with Crippen LogP contribution in [0.4, 0.5) is 4.39 Å². The minimum absolute atomic E-state index is 0.0366. The van der Waals surface area contributed by atoms with E-state index in [0.29, 0.717) is 9.50 Å². The highest BCUT2D eigenvalue weighted by atomic mass is 79.9. The Morgan fingerprint density at radius 2 is 2.17 bits per heavy atom. The average Bonchev–Trinajstić information content (AvgIpc) is 2.33. The molecule has 18 heavy (non-hydrogen) atoms. The molecule has 2 aromatic rings. The smallest absolute Gasteiger partial charge is 0.233 e. The fourth-order valence-corrected chi connectivity index (χ4v) is 1.96. The molecule has 0 spiro atoms. The summed E-state index contributed by atoms with van der Waals surface area (Å²) in [4.78, 5) is 3.96. The first-order chi connectivity index (χ1) is 8.60. The quantitative estimate of drug-likeness (QED) is 0.826. The highest BCUT2D eigenvalue weighted by Crippen LogP contribution is 2.29. The third-order valence-electron chi connectivity index (χ3n) is 2.05. The molecular formula is C12H5BrClFN2O. The van der Waals surface area contributed by atoms with E-state index in [1.165, 1.54) is 18.3 Å². The first-order valence-electron chi connectivity index (χ1n) is 4.78. The van der Waals surface area contributed by atoms with Crippen LogP contribution < -0.4 is 4.74 Å². The maximum atomic E-state index is 13.4. The largest absolute Gasteiger partial charge is 0.438 e. The van der Waals surface area contributed by atoms with Gasteiger partial charge >= 0.3 is 0 Å². The molecule has 0 aliphatic heterocycles. The second-order valence-electron chi connectivity index (χ2n) is 3.30. The van der Waals surface area contributed by atoms with Crippen LogP contribution in [0.2, 0.25) is 5.02 Å². The molecule has 0 amide bonds. The van der Waals surface area contributed by atoms with Crippen molar-refractivity contribution in [2.75, 3.05) is 0 Å². The zero-order chi connectivity index (χ0) is 13.1. The van der Waals surface area contributed by atoms with Gasteiger partial charge in [-0.3, -0.25) is 0 Å². The topological polar surface area (TPSA) is 45.9 Å². The molecule has 1 heterocycles. The Balaban J connectivity index is 2.29. The van der Waals surface area contributed by atoms with E-state index in [-0.39, 0.29) is 17.2 Å². The summed E-state index contributed by atoms with van der Waals surface area (Å²) >= 11 is 8.97. The van der Waals surface area contributed by atoms with Crippen molar-refractivity contribution < 1.29 is 9.13 Å². The van der Waals surface area contributed by atoms with Crippen molar-refractivity contribution in [2.45, 2.75) is 0 Å². The molecule has 0 aliphatic rings. The molecular weight excluding hydrogens is 322 g/mol. The lowest BCUT2D eigenvalue weighted by Crippen LogP contribution is -1.91. The van der Waals surface area contributed by atoms with Crippen LogP contribution in [0.25, 0.3) is 0 Å². The number of hydrogen-bond donors (Lipinski definition) is 0. The Morgan fingerprint density at radius 1 is 1.39 bits per heavy atom. The maximum Gasteiger partial charge on any atom is 0.233 e. The molecule has 0 aliphatic carbocycles. The van der Waals surface area contributed by atoms with Crippen LogP contribution in [0.5, 0.6) is 11.6 Å². The van der Waals surface area contributed by atoms with Gasteiger partial charge in [0.25, 0.3) is 0 Å². The minimum Gasteiger partial charge on any atom is -0.438 e. The highest BCUT2D eigenvalue weighted by Gasteiger charge is 2.08. The summed E-state index contributed by atoms with van der Waals surface area (Å²) < 4.78 is 19.3. The number of pyridine rings is 1. The Kier molecular flexibility index (Phi) is 3.80. The highest BCUT2D eigenvalue weighted by molar-refractivity contribution is 9.10. The predicted molar refractivity (Wildman–Crippen MR) is 68.1 cm³/mol. The molecule has 0 saturated carbocycles. The minimum atomic E-state index is -0.639. The van der Waals surface area contributed by atoms with Crippen LogP contribution in [-0.2, 0) is 0 Å². The van der Waals surface area contributed by atoms with Gasteiger partial charge < -0.3 is 4.74 Å². The normalized spacial score (nSPS) is 9.89. The van der Waals surface area contributed by atoms with Gasteiger partial charge in [-0.05, 0) is 34.1 Å². The van der Waals surface area contributed by atoms with Crippen LogP contribution >= 0.6 is 27.5 Å². The summed E-state index contributed by atoms with van der Waals surface area (Å²) in [6, 6.07) is 7.31. The molecule has 0 radical (unpaired) electrons. The number of benzene rings is 1. The first kappa shape index (κ1) is 12.8. The summed E-state index contributed by atoms with van der Waals surface area (Å²) in [6.45, 7) is 0. The number of nitrogens with zero attached hydrogens (tertiary/aromatic N) is 2. The molecule has 3 nitrogen and oxygen atoms in total. The molecule has 0 unspecified atom stereocenters. The van der Waals surface area contributed by atoms with E-state index in [9.17, 15) is 4.39 Å². The van der Waals surface area contributed by atoms with Crippen LogP contribution in [0.3, 0.4) is 0 Å². The lowest BCUT2D eigenvalue weighted by Gasteiger charge is -2.07. The second kappa shape index (κ2) is 5.34. The molecule has 6 heteroatoms. The maximum absolute atomic E-state index is 13.4. The molecule has 0 fully saturated rings. The van der Waals surface area contributed by atoms with Gasteiger partial charge in [-0.2, -0.15) is 5.26 Å². The third kappa shape index (κ3) is 2.78. The van der Waals surface area contributed by atoms with Crippen molar-refractivity contribution in [1.29, 1.82) is 5.26 Å². The predicted octanol–water partition coefficient (Wildman–Crippen LogP) is 4.30. The fraction of sp³-hybridized carbons (Fsp3) is 0. The molecule has 1 aromatic carbocycles. The Hall–Kier alpha value is -1.64. The van der Waals surface area contributed by atoms with Crippen LogP contribution in [-0.4, -0.2) is 4.98 Å². The van der Waals surface area contributed by atoms with Gasteiger partial charge in [-0.15, -0.1) is 0 Å². The van der Waals surface area contributed by atoms with E-state index in [1.54, 1.807) is 12.1 Å². The van der Waals surface area contributed by atoms with E-state index >= 15 is 0 Å². The van der Waals surface area contributed by atoms with Gasteiger partial charge in [0.05, 0.1) is 15.1 Å². The van der Waals surface area contributed by atoms with Gasteiger partial charge in [0, 0.05) is 12.3 Å². The van der Waals surface area contributed by atoms with E-state index in [0.717, 1.165) is 6.07 Å². The van der Waals surface area contributed by atoms with Gasteiger partial charge in [0.15, 0.2) is 0 Å². The molecule has 0 atom stereocenters. The third-order valence-corrected chi connectivity index (χ3v) is 2.82. The Morgan fingerprint density at radius 3 is 2.78 bits per heavy atom. The summed E-state index contributed by atoms with van der Waals surface area (Å²) in [5.41, 5.74) is -0.0366. The van der Waals surface area contributed by atoms with Crippen molar-refractivity contribution in [3.8, 4) is 17.7 Å². The number of halogens is 3. The van der Waals surface area contributed by atoms with Gasteiger partial charge in [0.1, 0.15) is 17.6 Å². The van der Waals surface area contributed by atoms with Crippen molar-refractivity contribution in [1.82, 2.24) is 4.98 Å². The Labute approximate surface area is 116 Å². The van der Waals surface area contributed by atoms with Crippen molar-refractivity contribution >= 4 is 27.5 Å². The van der Waals surface area contributed by atoms with Crippen LogP contribution in [0.15, 0.2) is 34.9 Å². The van der Waals surface area contributed by atoms with Crippen molar-refractivity contribution in [3.05, 3.63) is 51.3 Å². The van der Waals surface area contributed by atoms with E-state index < -0.39 is 5.82 Å². The van der Waals surface area contributed by atoms with Crippen LogP contribution in [0, 0.1) is 17.1 Å². The molecule has 90 valence electrons. The summed E-state index contributed by atoms with van der Waals surface area (Å²) in [6.07, 6.45) is 1.42. The first-order valence-corrected chi connectivity index (χ1v) is 5.96. The van der Waals surface area contributed by atoms with Gasteiger partial charge in [-0.1, -0.05) is 11.6 Å². The molecule has 0 N–H and O–H groups in total. The number of hydrogen-bond acceptors (Lipinski definition) is 3. The number of ether oxygens (including phenoxy) is 1.